The number of aryl methyl sites for hydroxylation is 5. The molecule has 0 saturated carbocycles. The minimum atomic E-state index is -0.00203. The Morgan fingerprint density at radius 1 is 0.472 bits per heavy atom. The van der Waals surface area contributed by atoms with Crippen LogP contribution in [0.1, 0.15) is 51.8 Å². The number of anilines is 6. The summed E-state index contributed by atoms with van der Waals surface area (Å²) in [5.41, 5.74) is 17.2. The van der Waals surface area contributed by atoms with Crippen LogP contribution in [0, 0.1) is 20.8 Å². The molecule has 258 valence electrons. The van der Waals surface area contributed by atoms with Crippen molar-refractivity contribution in [3.8, 4) is 0 Å². The summed E-state index contributed by atoms with van der Waals surface area (Å²) in [6, 6.07) is 56.7. The van der Waals surface area contributed by atoms with E-state index in [4.69, 9.17) is 0 Å². The second kappa shape index (κ2) is 12.5. The van der Waals surface area contributed by atoms with Crippen LogP contribution in [0.15, 0.2) is 152 Å². The van der Waals surface area contributed by atoms with Gasteiger partial charge in [0.15, 0.2) is 0 Å². The maximum absolute atomic E-state index is 2.55. The predicted molar refractivity (Wildman–Crippen MR) is 227 cm³/mol. The third-order valence-corrected chi connectivity index (χ3v) is 13.0. The summed E-state index contributed by atoms with van der Waals surface area (Å²) < 4.78 is 2.71. The first-order chi connectivity index (χ1) is 26.0. The van der Waals surface area contributed by atoms with E-state index in [0.717, 1.165) is 25.7 Å². The van der Waals surface area contributed by atoms with Crippen molar-refractivity contribution < 1.29 is 0 Å². The van der Waals surface area contributed by atoms with E-state index in [1.54, 1.807) is 0 Å². The van der Waals surface area contributed by atoms with E-state index in [9.17, 15) is 0 Å². The van der Waals surface area contributed by atoms with Gasteiger partial charge < -0.3 is 9.80 Å². The highest BCUT2D eigenvalue weighted by molar-refractivity contribution is 7.25. The van der Waals surface area contributed by atoms with Crippen LogP contribution in [-0.4, -0.2) is 0 Å². The van der Waals surface area contributed by atoms with Crippen LogP contribution >= 0.6 is 11.3 Å². The van der Waals surface area contributed by atoms with Crippen molar-refractivity contribution in [2.24, 2.45) is 0 Å². The number of benzene rings is 7. The Labute approximate surface area is 316 Å². The van der Waals surface area contributed by atoms with Gasteiger partial charge in [0.1, 0.15) is 0 Å². The van der Waals surface area contributed by atoms with Gasteiger partial charge >= 0.3 is 0 Å². The van der Waals surface area contributed by atoms with E-state index in [-0.39, 0.29) is 5.41 Å². The van der Waals surface area contributed by atoms with E-state index in [1.165, 1.54) is 93.2 Å². The lowest BCUT2D eigenvalue weighted by atomic mass is 9.76. The van der Waals surface area contributed by atoms with E-state index >= 15 is 0 Å². The largest absolute Gasteiger partial charge is 0.310 e. The van der Waals surface area contributed by atoms with Crippen molar-refractivity contribution in [2.75, 3.05) is 9.80 Å². The zero-order chi connectivity index (χ0) is 35.7. The second-order valence-corrected chi connectivity index (χ2v) is 16.2. The van der Waals surface area contributed by atoms with Gasteiger partial charge in [-0.05, 0) is 164 Å². The predicted octanol–water partition coefficient (Wildman–Crippen LogP) is 14.1. The number of para-hydroxylation sites is 3. The Morgan fingerprint density at radius 2 is 1.00 bits per heavy atom. The highest BCUT2D eigenvalue weighted by Gasteiger charge is 2.45. The Hall–Kier alpha value is -5.64. The number of hydrogen-bond acceptors (Lipinski definition) is 3. The first-order valence-corrected chi connectivity index (χ1v) is 19.7. The van der Waals surface area contributed by atoms with Crippen LogP contribution < -0.4 is 9.80 Å². The van der Waals surface area contributed by atoms with Gasteiger partial charge in [-0.25, -0.2) is 0 Å². The van der Waals surface area contributed by atoms with Crippen molar-refractivity contribution in [3.63, 3.8) is 0 Å². The first-order valence-electron chi connectivity index (χ1n) is 18.9. The van der Waals surface area contributed by atoms with Gasteiger partial charge in [-0.2, -0.15) is 0 Å². The minimum absolute atomic E-state index is 0.00203. The van der Waals surface area contributed by atoms with Crippen LogP contribution in [0.2, 0.25) is 0 Å². The van der Waals surface area contributed by atoms with Crippen molar-refractivity contribution in [1.29, 1.82) is 0 Å². The van der Waals surface area contributed by atoms with Crippen LogP contribution in [0.25, 0.3) is 20.2 Å². The molecule has 7 aromatic carbocycles. The zero-order valence-corrected chi connectivity index (χ0v) is 31.4. The lowest BCUT2D eigenvalue weighted by Crippen LogP contribution is -2.22. The second-order valence-electron chi connectivity index (χ2n) is 15.1. The van der Waals surface area contributed by atoms with Crippen molar-refractivity contribution in [2.45, 2.75) is 51.9 Å². The number of nitrogens with zero attached hydrogens (tertiary/aromatic N) is 2. The molecule has 10 rings (SSSR count). The fourth-order valence-corrected chi connectivity index (χ4v) is 10.8. The summed E-state index contributed by atoms with van der Waals surface area (Å²) in [6.45, 7) is 6.75. The highest BCUT2D eigenvalue weighted by atomic mass is 32.1. The molecule has 1 atom stereocenters. The Morgan fingerprint density at radius 3 is 1.57 bits per heavy atom. The van der Waals surface area contributed by atoms with Gasteiger partial charge in [-0.3, -0.25) is 0 Å². The normalized spacial score (nSPS) is 16.0. The molecule has 2 nitrogen and oxygen atoms in total. The van der Waals surface area contributed by atoms with Crippen LogP contribution in [0.5, 0.6) is 0 Å². The quantitative estimate of drug-likeness (QED) is 0.170. The van der Waals surface area contributed by atoms with E-state index in [1.807, 2.05) is 11.3 Å². The molecule has 1 aromatic heterocycles. The maximum atomic E-state index is 2.55. The Balaban J connectivity index is 1.12. The first kappa shape index (κ1) is 32.0. The zero-order valence-electron chi connectivity index (χ0n) is 30.6. The number of rotatable bonds is 6. The molecule has 0 aliphatic heterocycles. The fraction of sp³-hybridized carbons (Fsp3) is 0.160. The molecule has 1 spiro atoms. The maximum Gasteiger partial charge on any atom is 0.0505 e. The third-order valence-electron chi connectivity index (χ3n) is 11.9. The molecule has 0 unspecified atom stereocenters. The molecule has 0 amide bonds. The van der Waals surface area contributed by atoms with Crippen molar-refractivity contribution in [1.82, 2.24) is 0 Å². The summed E-state index contributed by atoms with van der Waals surface area (Å²) in [6.07, 6.45) is 4.52. The molecular formula is C50H42N2S. The molecule has 2 aliphatic carbocycles. The molecule has 3 heteroatoms. The lowest BCUT2D eigenvalue weighted by Gasteiger charge is -2.32. The summed E-state index contributed by atoms with van der Waals surface area (Å²) >= 11 is 1.92. The Bertz CT molecular complexity index is 2620. The van der Waals surface area contributed by atoms with E-state index in [2.05, 4.69) is 182 Å². The molecule has 1 heterocycles. The molecule has 0 radical (unpaired) electrons. The number of fused-ring (bicyclic) bond motifs is 7. The average Bonchev–Trinajstić information content (AvgIpc) is 3.86. The van der Waals surface area contributed by atoms with Crippen molar-refractivity contribution in [3.05, 3.63) is 191 Å². The standard InChI is InChI=1S/C50H42N2S/c1-33-27-35(3)49-43-29-34(2)46(32-47(43)53-48(49)28-33)52(40-17-11-6-12-18-40)42-22-20-37-24-26-50(45(37)31-42)25-23-36-19-21-41(30-44(36)50)51(38-13-7-4-8-14-38)39-15-9-5-10-16-39/h4-22,27-32H,23-26H2,1-3H3/t50-/m1/s1. The fourth-order valence-electron chi connectivity index (χ4n) is 9.52. The van der Waals surface area contributed by atoms with Gasteiger partial charge in [-0.15, -0.1) is 11.3 Å². The van der Waals surface area contributed by atoms with Gasteiger partial charge in [0, 0.05) is 54.0 Å². The Kier molecular flexibility index (Phi) is 7.56. The van der Waals surface area contributed by atoms with E-state index in [0.29, 0.717) is 0 Å². The SMILES string of the molecule is Cc1cc(C)c2c(c1)sc1cc(N(c3ccccc3)c3ccc4c(c3)[C@]3(CCc5ccc(N(c6ccccc6)c6ccccc6)cc53)CC4)c(C)cc12. The third kappa shape index (κ3) is 5.21. The average molecular weight is 703 g/mol. The van der Waals surface area contributed by atoms with Crippen molar-refractivity contribution >= 4 is 65.6 Å². The van der Waals surface area contributed by atoms with E-state index < -0.39 is 0 Å². The monoisotopic (exact) mass is 702 g/mol. The smallest absolute Gasteiger partial charge is 0.0505 e. The molecule has 2 aliphatic rings. The van der Waals surface area contributed by atoms with Gasteiger partial charge in [-0.1, -0.05) is 72.8 Å². The van der Waals surface area contributed by atoms with Gasteiger partial charge in [0.25, 0.3) is 0 Å². The van der Waals surface area contributed by atoms with Crippen LogP contribution in [-0.2, 0) is 18.3 Å². The minimum Gasteiger partial charge on any atom is -0.310 e. The van der Waals surface area contributed by atoms with Crippen LogP contribution in [0.4, 0.5) is 34.1 Å². The molecule has 53 heavy (non-hydrogen) atoms. The molecule has 0 saturated heterocycles. The topological polar surface area (TPSA) is 6.48 Å². The molecule has 0 bridgehead atoms. The molecule has 0 N–H and O–H groups in total. The summed E-state index contributed by atoms with van der Waals surface area (Å²) in [5.74, 6) is 0. The van der Waals surface area contributed by atoms with Gasteiger partial charge in [0.05, 0.1) is 5.69 Å². The molecule has 0 fully saturated rings. The molecular weight excluding hydrogens is 661 g/mol. The highest BCUT2D eigenvalue weighted by Crippen LogP contribution is 2.55. The molecule has 8 aromatic rings. The summed E-state index contributed by atoms with van der Waals surface area (Å²) in [7, 11) is 0. The van der Waals surface area contributed by atoms with Crippen LogP contribution in [0.3, 0.4) is 0 Å². The summed E-state index contributed by atoms with van der Waals surface area (Å²) in [4.78, 5) is 4.91. The van der Waals surface area contributed by atoms with Gasteiger partial charge in [0.2, 0.25) is 0 Å². The lowest BCUT2D eigenvalue weighted by molar-refractivity contribution is 0.507. The number of hydrogen-bond donors (Lipinski definition) is 0. The summed E-state index contributed by atoms with van der Waals surface area (Å²) in [5, 5.41) is 2.76. The number of thiophene rings is 1.